The molecule has 0 unspecified atom stereocenters. The molecule has 0 radical (unpaired) electrons. The number of anilines is 2. The molecule has 0 saturated heterocycles. The molecule has 4 rings (SSSR count). The van der Waals surface area contributed by atoms with Crippen LogP contribution in [0.3, 0.4) is 0 Å². The fraction of sp³-hybridized carbons (Fsp3) is 0.385. The van der Waals surface area contributed by atoms with Crippen LogP contribution in [0.15, 0.2) is 36.7 Å². The van der Waals surface area contributed by atoms with Crippen LogP contribution in [0.5, 0.6) is 5.88 Å². The van der Waals surface area contributed by atoms with Gasteiger partial charge in [-0.15, -0.1) is 29.3 Å². The van der Waals surface area contributed by atoms with Crippen LogP contribution < -0.4 is 49.2 Å². The van der Waals surface area contributed by atoms with Gasteiger partial charge < -0.3 is 19.6 Å². The Labute approximate surface area is 310 Å². The fourth-order valence-corrected chi connectivity index (χ4v) is 5.71. The van der Waals surface area contributed by atoms with Crippen molar-refractivity contribution in [2.45, 2.75) is 40.8 Å². The number of hydrogen-bond acceptors (Lipinski definition) is 14. The molecule has 4 aromatic heterocycles. The Balaban J connectivity index is 0.000000417. The van der Waals surface area contributed by atoms with E-state index in [2.05, 4.69) is 19.9 Å². The Morgan fingerprint density at radius 1 is 0.783 bits per heavy atom. The van der Waals surface area contributed by atoms with E-state index in [0.29, 0.717) is 47.6 Å². The number of nitrogens with zero attached hydrogens (tertiary/aromatic N) is 8. The average Bonchev–Trinajstić information content (AvgIpc) is 3.61. The second-order valence-corrected chi connectivity index (χ2v) is 12.2. The molecule has 4 aromatic rings. The van der Waals surface area contributed by atoms with Gasteiger partial charge in [-0.1, -0.05) is 41.7 Å². The van der Waals surface area contributed by atoms with Crippen molar-refractivity contribution in [2.24, 2.45) is 0 Å². The maximum absolute atomic E-state index is 11.2. The molecule has 0 aliphatic heterocycles. The van der Waals surface area contributed by atoms with Crippen molar-refractivity contribution in [3.05, 3.63) is 80.7 Å². The predicted molar refractivity (Wildman–Crippen MR) is 176 cm³/mol. The summed E-state index contributed by atoms with van der Waals surface area (Å²) in [7, 11) is 0. The quantitative estimate of drug-likeness (QED) is 0.0892. The summed E-state index contributed by atoms with van der Waals surface area (Å²) >= 11 is 20.1. The summed E-state index contributed by atoms with van der Waals surface area (Å²) in [6.07, 6.45) is 3.31. The van der Waals surface area contributed by atoms with Gasteiger partial charge in [-0.2, -0.15) is 4.98 Å². The number of pyridine rings is 2. The van der Waals surface area contributed by atoms with E-state index in [-0.39, 0.29) is 64.3 Å². The summed E-state index contributed by atoms with van der Waals surface area (Å²) in [6, 6.07) is 5.67. The van der Waals surface area contributed by atoms with Crippen molar-refractivity contribution >= 4 is 80.5 Å². The maximum Gasteiger partial charge on any atom is 1.00 e. The van der Waals surface area contributed by atoms with Gasteiger partial charge in [0.25, 0.3) is 0 Å². The van der Waals surface area contributed by atoms with Gasteiger partial charge in [-0.3, -0.25) is 20.2 Å². The molecule has 14 nitrogen and oxygen atoms in total. The Hall–Kier alpha value is -2.41. The minimum absolute atomic E-state index is 0. The van der Waals surface area contributed by atoms with Crippen molar-refractivity contribution in [1.29, 1.82) is 0 Å². The molecule has 0 spiro atoms. The zero-order valence-corrected chi connectivity index (χ0v) is 31.6. The van der Waals surface area contributed by atoms with Crippen molar-refractivity contribution in [3.63, 3.8) is 0 Å². The molecule has 0 amide bonds. The number of thiazole rings is 2. The van der Waals surface area contributed by atoms with Crippen LogP contribution in [0.25, 0.3) is 0 Å². The third kappa shape index (κ3) is 13.0. The number of nitro groups is 2. The van der Waals surface area contributed by atoms with E-state index in [9.17, 15) is 20.2 Å². The molecule has 4 heterocycles. The molecule has 20 heteroatoms. The van der Waals surface area contributed by atoms with Crippen molar-refractivity contribution < 1.29 is 49.2 Å². The van der Waals surface area contributed by atoms with E-state index in [1.807, 2.05) is 20.8 Å². The maximum atomic E-state index is 11.2. The Morgan fingerprint density at radius 2 is 1.22 bits per heavy atom. The van der Waals surface area contributed by atoms with Crippen LogP contribution in [0.1, 0.15) is 37.4 Å². The largest absolute Gasteiger partial charge is 1.00 e. The Morgan fingerprint density at radius 3 is 1.59 bits per heavy atom. The third-order valence-corrected chi connectivity index (χ3v) is 7.85. The summed E-state index contributed by atoms with van der Waals surface area (Å²) in [5, 5.41) is 31.5. The molecular formula is C26H30Cl3N8NaO6S2. The smallest absolute Gasteiger partial charge is 0.855 e. The average molecular weight is 744 g/mol. The number of halogens is 3. The summed E-state index contributed by atoms with van der Waals surface area (Å²) in [5.74, 6) is 0.890. The van der Waals surface area contributed by atoms with E-state index < -0.39 is 9.85 Å². The SMILES string of the molecule is CCN(Cc1cnc(Cl)s1)c1nc(Cl)ccc1[N+](=O)[O-].CCOc1ccc([N+](=O)[O-])c(N(CC)Cc2cnc(Cl)s2)n1.CC[O-].[Na+]. The van der Waals surface area contributed by atoms with Gasteiger partial charge in [0.1, 0.15) is 5.15 Å². The number of rotatable bonds is 12. The van der Waals surface area contributed by atoms with E-state index in [1.54, 1.807) is 29.1 Å². The number of hydrogen-bond donors (Lipinski definition) is 0. The first-order valence-corrected chi connectivity index (χ1v) is 16.1. The molecular weight excluding hydrogens is 714 g/mol. The van der Waals surface area contributed by atoms with E-state index in [4.69, 9.17) is 44.6 Å². The molecule has 0 atom stereocenters. The summed E-state index contributed by atoms with van der Waals surface area (Å²) in [5.41, 5.74) is -0.132. The fourth-order valence-electron chi connectivity index (χ4n) is 3.58. The van der Waals surface area contributed by atoms with E-state index >= 15 is 0 Å². The Kier molecular flexibility index (Phi) is 19.4. The molecule has 244 valence electrons. The number of ether oxygens (including phenoxy) is 1. The van der Waals surface area contributed by atoms with Gasteiger partial charge in [0.05, 0.1) is 29.5 Å². The first-order chi connectivity index (χ1) is 21.5. The van der Waals surface area contributed by atoms with E-state index in [1.165, 1.54) is 46.9 Å². The minimum atomic E-state index is -0.471. The van der Waals surface area contributed by atoms with Gasteiger partial charge in [0.2, 0.25) is 17.5 Å². The summed E-state index contributed by atoms with van der Waals surface area (Å²) in [6.45, 7) is 9.62. The molecule has 0 aliphatic carbocycles. The topological polar surface area (TPSA) is 177 Å². The normalized spacial score (nSPS) is 10.0. The molecule has 0 aliphatic rings. The molecule has 0 fully saturated rings. The van der Waals surface area contributed by atoms with Gasteiger partial charge in [0, 0.05) is 53.4 Å². The zero-order valence-electron chi connectivity index (χ0n) is 25.7. The van der Waals surface area contributed by atoms with Crippen molar-refractivity contribution in [3.8, 4) is 5.88 Å². The first-order valence-electron chi connectivity index (χ1n) is 13.3. The molecule has 46 heavy (non-hydrogen) atoms. The van der Waals surface area contributed by atoms with Crippen molar-refractivity contribution in [2.75, 3.05) is 36.1 Å². The second kappa shape index (κ2) is 21.5. The molecule has 0 N–H and O–H groups in total. The van der Waals surface area contributed by atoms with Gasteiger partial charge >= 0.3 is 40.9 Å². The molecule has 0 saturated carbocycles. The van der Waals surface area contributed by atoms with Gasteiger partial charge in [-0.05, 0) is 26.8 Å². The van der Waals surface area contributed by atoms with Crippen LogP contribution >= 0.6 is 57.5 Å². The van der Waals surface area contributed by atoms with Crippen LogP contribution in [0.2, 0.25) is 14.1 Å². The summed E-state index contributed by atoms with van der Waals surface area (Å²) < 4.78 is 6.22. The second-order valence-electron chi connectivity index (χ2n) is 8.39. The van der Waals surface area contributed by atoms with Crippen LogP contribution in [-0.4, -0.2) is 56.1 Å². The van der Waals surface area contributed by atoms with Gasteiger partial charge in [-0.25, -0.2) is 15.0 Å². The number of aromatic nitrogens is 4. The monoisotopic (exact) mass is 742 g/mol. The zero-order chi connectivity index (χ0) is 33.5. The Bertz CT molecular complexity index is 1550. The van der Waals surface area contributed by atoms with E-state index in [0.717, 1.165) is 9.75 Å². The van der Waals surface area contributed by atoms with Crippen molar-refractivity contribution in [1.82, 2.24) is 19.9 Å². The van der Waals surface area contributed by atoms with Crippen LogP contribution in [-0.2, 0) is 13.1 Å². The van der Waals surface area contributed by atoms with Crippen LogP contribution in [0.4, 0.5) is 23.0 Å². The first kappa shape index (κ1) is 41.6. The third-order valence-electron chi connectivity index (χ3n) is 5.44. The molecule has 0 aromatic carbocycles. The van der Waals surface area contributed by atoms with Crippen LogP contribution in [0, 0.1) is 20.2 Å². The summed E-state index contributed by atoms with van der Waals surface area (Å²) in [4.78, 5) is 43.0. The standard InChI is InChI=1S/C13H15ClN4O3S.C11H10Cl2N4O2S.C2H5O.Na/c1-3-17(8-9-7-15-13(14)22-9)12-10(18(19)20)5-6-11(16-12)21-4-2;1-2-16(6-7-5-14-11(13)20-7)10-8(17(18)19)3-4-9(12)15-10;1-2-3;/h5-7H,3-4,8H2,1-2H3;3-5H,2,6H2,1H3;2H2,1H3;/q;;-1;+1. The minimum Gasteiger partial charge on any atom is -0.855 e. The predicted octanol–water partition coefficient (Wildman–Crippen LogP) is 3.68. The molecule has 0 bridgehead atoms. The van der Waals surface area contributed by atoms with Gasteiger partial charge in [0.15, 0.2) is 8.93 Å².